The van der Waals surface area contributed by atoms with Crippen LogP contribution in [-0.4, -0.2) is 53.4 Å². The smallest absolute Gasteiger partial charge is 0.289 e. The molecule has 0 spiro atoms. The highest BCUT2D eigenvalue weighted by molar-refractivity contribution is 5.91. The predicted octanol–water partition coefficient (Wildman–Crippen LogP) is 0.999. The van der Waals surface area contributed by atoms with Gasteiger partial charge in [0.2, 0.25) is 5.91 Å². The number of pyridine rings is 1. The number of carbonyl (C=O) groups is 2. The molecular formula is C21H23N3O5. The Bertz CT molecular complexity index is 1100. The second-order valence-corrected chi connectivity index (χ2v) is 8.01. The summed E-state index contributed by atoms with van der Waals surface area (Å²) < 4.78 is 7.07. The summed E-state index contributed by atoms with van der Waals surface area (Å²) in [5.41, 5.74) is 0.269. The molecule has 8 heteroatoms. The largest absolute Gasteiger partial charge is 0.456 e. The van der Waals surface area contributed by atoms with Crippen LogP contribution in [0.5, 0.6) is 0 Å². The van der Waals surface area contributed by atoms with E-state index in [-0.39, 0.29) is 40.4 Å². The maximum Gasteiger partial charge on any atom is 0.289 e. The van der Waals surface area contributed by atoms with Crippen molar-refractivity contribution in [1.82, 2.24) is 14.4 Å². The van der Waals surface area contributed by atoms with E-state index in [0.29, 0.717) is 18.8 Å². The number of likely N-dealkylation sites (N-methyl/N-ethyl adjacent to an activating group) is 1. The van der Waals surface area contributed by atoms with Crippen molar-refractivity contribution in [2.75, 3.05) is 27.2 Å². The lowest BCUT2D eigenvalue weighted by Crippen LogP contribution is -2.54. The summed E-state index contributed by atoms with van der Waals surface area (Å²) in [6.45, 7) is 2.34. The Labute approximate surface area is 167 Å². The number of aryl methyl sites for hydroxylation is 1. The first-order chi connectivity index (χ1) is 13.8. The molecule has 4 heterocycles. The highest BCUT2D eigenvalue weighted by Crippen LogP contribution is 2.41. The molecule has 0 radical (unpaired) electrons. The minimum atomic E-state index is -0.662. The standard InChI is InChI=1S/C21H23N3O5/c1-12-7-15(25)9-17(29-12)20(27)23-10-13-8-14(11-23)19(21(28)22(2)3)24-16(13)5-4-6-18(24)26/h4-7,9,13-14,19H,8,10-11H2,1-3H3/t13-,14+,19-/m1/s1. The molecule has 2 amide bonds. The molecule has 0 aromatic carbocycles. The molecule has 3 atom stereocenters. The zero-order valence-electron chi connectivity index (χ0n) is 16.6. The highest BCUT2D eigenvalue weighted by Gasteiger charge is 2.45. The minimum absolute atomic E-state index is 0.00379. The Kier molecular flexibility index (Phi) is 4.64. The molecule has 2 aliphatic rings. The van der Waals surface area contributed by atoms with Crippen molar-refractivity contribution >= 4 is 11.8 Å². The molecule has 1 fully saturated rings. The molecule has 152 valence electrons. The normalized spacial score (nSPS) is 22.7. The average Bonchev–Trinajstić information content (AvgIpc) is 2.67. The van der Waals surface area contributed by atoms with Crippen LogP contribution >= 0.6 is 0 Å². The molecule has 0 N–H and O–H groups in total. The second kappa shape index (κ2) is 7.02. The number of likely N-dealkylation sites (tertiary alicyclic amines) is 1. The number of rotatable bonds is 2. The molecule has 0 aliphatic carbocycles. The molecule has 2 aliphatic heterocycles. The quantitative estimate of drug-likeness (QED) is 0.754. The van der Waals surface area contributed by atoms with E-state index in [1.165, 1.54) is 23.1 Å². The van der Waals surface area contributed by atoms with Crippen molar-refractivity contribution in [3.8, 4) is 0 Å². The number of amides is 2. The van der Waals surface area contributed by atoms with Gasteiger partial charge in [0, 0.05) is 62.9 Å². The van der Waals surface area contributed by atoms with Crippen molar-refractivity contribution in [2.24, 2.45) is 5.92 Å². The van der Waals surface area contributed by atoms with Gasteiger partial charge in [-0.25, -0.2) is 0 Å². The number of fused-ring (bicyclic) bond motifs is 4. The molecule has 8 nitrogen and oxygen atoms in total. The van der Waals surface area contributed by atoms with Crippen molar-refractivity contribution in [3.63, 3.8) is 0 Å². The number of aromatic nitrogens is 1. The SMILES string of the molecule is Cc1cc(=O)cc(C(=O)N2C[C@H]3C[C@@H](C2)[C@H](C(=O)N(C)C)n2c3cccc2=O)o1. The van der Waals surface area contributed by atoms with Crippen molar-refractivity contribution in [3.05, 3.63) is 68.1 Å². The van der Waals surface area contributed by atoms with Crippen LogP contribution in [0.4, 0.5) is 0 Å². The second-order valence-electron chi connectivity index (χ2n) is 8.01. The molecule has 2 aromatic heterocycles. The van der Waals surface area contributed by atoms with Crippen molar-refractivity contribution in [2.45, 2.75) is 25.3 Å². The highest BCUT2D eigenvalue weighted by atomic mass is 16.3. The third-order valence-corrected chi connectivity index (χ3v) is 5.73. The monoisotopic (exact) mass is 397 g/mol. The molecule has 29 heavy (non-hydrogen) atoms. The predicted molar refractivity (Wildman–Crippen MR) is 105 cm³/mol. The summed E-state index contributed by atoms with van der Waals surface area (Å²) in [4.78, 5) is 53.5. The molecule has 2 bridgehead atoms. The fourth-order valence-electron chi connectivity index (χ4n) is 4.55. The Hall–Kier alpha value is -3.16. The van der Waals surface area contributed by atoms with Gasteiger partial charge in [0.25, 0.3) is 11.5 Å². The summed E-state index contributed by atoms with van der Waals surface area (Å²) in [6, 6.07) is 6.86. The third-order valence-electron chi connectivity index (χ3n) is 5.73. The summed E-state index contributed by atoms with van der Waals surface area (Å²) in [5, 5.41) is 0. The minimum Gasteiger partial charge on any atom is -0.456 e. The summed E-state index contributed by atoms with van der Waals surface area (Å²) in [6.07, 6.45) is 0.718. The van der Waals surface area contributed by atoms with Gasteiger partial charge in [-0.15, -0.1) is 0 Å². The van der Waals surface area contributed by atoms with Crippen LogP contribution in [0.15, 0.2) is 44.3 Å². The lowest BCUT2D eigenvalue weighted by molar-refractivity contribution is -0.135. The van der Waals surface area contributed by atoms with Crippen LogP contribution in [0.25, 0.3) is 0 Å². The number of nitrogens with zero attached hydrogens (tertiary/aromatic N) is 3. The van der Waals surface area contributed by atoms with Gasteiger partial charge in [-0.05, 0) is 19.4 Å². The number of hydrogen-bond acceptors (Lipinski definition) is 5. The molecular weight excluding hydrogens is 374 g/mol. The molecule has 1 saturated heterocycles. The van der Waals surface area contributed by atoms with E-state index >= 15 is 0 Å². The lowest BCUT2D eigenvalue weighted by Gasteiger charge is -2.46. The maximum atomic E-state index is 13.1. The average molecular weight is 397 g/mol. The van der Waals surface area contributed by atoms with Crippen molar-refractivity contribution < 1.29 is 14.0 Å². The van der Waals surface area contributed by atoms with Gasteiger partial charge in [0.1, 0.15) is 11.8 Å². The number of piperidine rings is 1. The van der Waals surface area contributed by atoms with Gasteiger partial charge >= 0.3 is 0 Å². The molecule has 2 aromatic rings. The van der Waals surface area contributed by atoms with E-state index in [1.807, 2.05) is 6.07 Å². The molecule has 0 saturated carbocycles. The first-order valence-electron chi connectivity index (χ1n) is 9.60. The van der Waals surface area contributed by atoms with E-state index in [1.54, 1.807) is 36.6 Å². The van der Waals surface area contributed by atoms with Gasteiger partial charge in [0.05, 0.1) is 0 Å². The lowest BCUT2D eigenvalue weighted by atomic mass is 9.78. The van der Waals surface area contributed by atoms with Crippen LogP contribution in [0.3, 0.4) is 0 Å². The van der Waals surface area contributed by atoms with Crippen LogP contribution < -0.4 is 11.0 Å². The van der Waals surface area contributed by atoms with Crippen LogP contribution in [0.2, 0.25) is 0 Å². The Morgan fingerprint density at radius 3 is 2.59 bits per heavy atom. The van der Waals surface area contributed by atoms with Gasteiger partial charge in [-0.1, -0.05) is 6.07 Å². The van der Waals surface area contributed by atoms with Crippen LogP contribution in [0.1, 0.15) is 40.4 Å². The van der Waals surface area contributed by atoms with E-state index in [4.69, 9.17) is 4.42 Å². The maximum absolute atomic E-state index is 13.1. The molecule has 0 unspecified atom stereocenters. The number of carbonyl (C=O) groups excluding carboxylic acids is 2. The first kappa shape index (κ1) is 19.2. The topological polar surface area (TPSA) is 92.8 Å². The zero-order chi connectivity index (χ0) is 20.9. The third kappa shape index (κ3) is 3.28. The van der Waals surface area contributed by atoms with Crippen LogP contribution in [0, 0.1) is 12.8 Å². The Morgan fingerprint density at radius 1 is 1.14 bits per heavy atom. The van der Waals surface area contributed by atoms with Crippen LogP contribution in [-0.2, 0) is 4.79 Å². The van der Waals surface area contributed by atoms with Gasteiger partial charge in [-0.2, -0.15) is 0 Å². The summed E-state index contributed by atoms with van der Waals surface area (Å²) in [7, 11) is 3.32. The van der Waals surface area contributed by atoms with E-state index < -0.39 is 6.04 Å². The number of hydrogen-bond donors (Lipinski definition) is 0. The van der Waals surface area contributed by atoms with Crippen molar-refractivity contribution in [1.29, 1.82) is 0 Å². The Morgan fingerprint density at radius 2 is 1.90 bits per heavy atom. The molecule has 4 rings (SSSR count). The van der Waals surface area contributed by atoms with Gasteiger partial charge in [0.15, 0.2) is 11.2 Å². The fourth-order valence-corrected chi connectivity index (χ4v) is 4.55. The first-order valence-corrected chi connectivity index (χ1v) is 9.60. The Balaban J connectivity index is 1.75. The summed E-state index contributed by atoms with van der Waals surface area (Å²) in [5.74, 6) is -0.430. The zero-order valence-corrected chi connectivity index (χ0v) is 16.6. The van der Waals surface area contributed by atoms with E-state index in [2.05, 4.69) is 0 Å². The van der Waals surface area contributed by atoms with Gasteiger partial charge in [-0.3, -0.25) is 23.7 Å². The van der Waals surface area contributed by atoms with E-state index in [9.17, 15) is 19.2 Å². The fraction of sp³-hybridized carbons (Fsp3) is 0.429. The summed E-state index contributed by atoms with van der Waals surface area (Å²) >= 11 is 0. The van der Waals surface area contributed by atoms with E-state index in [0.717, 1.165) is 12.1 Å². The van der Waals surface area contributed by atoms with Gasteiger partial charge < -0.3 is 14.2 Å².